The van der Waals surface area contributed by atoms with Gasteiger partial charge in [0, 0.05) is 17.0 Å². The van der Waals surface area contributed by atoms with Crippen LogP contribution in [0.3, 0.4) is 0 Å². The number of halogens is 2. The van der Waals surface area contributed by atoms with E-state index in [1.807, 2.05) is 12.1 Å². The standard InChI is InChI=1S/C12H11Cl2NO2S2/c13-8-2-1-3-9(4-8)16-11(14)7-19-6-10-5-15-12(18)17-10/h1-5,11H,6-7H2,(H,15,18). The molecule has 0 amide bonds. The van der Waals surface area contributed by atoms with E-state index in [-0.39, 0.29) is 0 Å². The topological polar surface area (TPSA) is 38.2 Å². The Bertz CT molecular complexity index is 585. The van der Waals surface area contributed by atoms with Gasteiger partial charge in [-0.1, -0.05) is 29.3 Å². The van der Waals surface area contributed by atoms with Gasteiger partial charge in [0.15, 0.2) is 5.56 Å². The highest BCUT2D eigenvalue weighted by Crippen LogP contribution is 2.21. The molecule has 2 rings (SSSR count). The summed E-state index contributed by atoms with van der Waals surface area (Å²) < 4.78 is 10.8. The summed E-state index contributed by atoms with van der Waals surface area (Å²) >= 11 is 18.4. The first-order valence-electron chi connectivity index (χ1n) is 5.45. The molecule has 0 bridgehead atoms. The number of thioether (sulfide) groups is 1. The lowest BCUT2D eigenvalue weighted by Crippen LogP contribution is -2.11. The molecule has 0 aliphatic heterocycles. The van der Waals surface area contributed by atoms with Gasteiger partial charge in [0.05, 0.1) is 5.75 Å². The molecule has 1 heterocycles. The largest absolute Gasteiger partial charge is 0.474 e. The third-order valence-corrected chi connectivity index (χ3v) is 4.02. The quantitative estimate of drug-likeness (QED) is 0.603. The molecule has 0 saturated carbocycles. The first-order chi connectivity index (χ1) is 9.13. The van der Waals surface area contributed by atoms with E-state index in [0.717, 1.165) is 5.76 Å². The van der Waals surface area contributed by atoms with Gasteiger partial charge in [-0.25, -0.2) is 0 Å². The summed E-state index contributed by atoms with van der Waals surface area (Å²) in [6.45, 7) is 0. The summed E-state index contributed by atoms with van der Waals surface area (Å²) in [6.07, 6.45) is 1.75. The molecule has 0 fully saturated rings. The van der Waals surface area contributed by atoms with Crippen molar-refractivity contribution in [2.24, 2.45) is 0 Å². The van der Waals surface area contributed by atoms with Crippen LogP contribution in [0.4, 0.5) is 0 Å². The molecule has 0 spiro atoms. The van der Waals surface area contributed by atoms with Gasteiger partial charge in [0.25, 0.3) is 4.84 Å². The number of oxazole rings is 1. The second kappa shape index (κ2) is 7.24. The average molecular weight is 336 g/mol. The number of aromatic amines is 1. The van der Waals surface area contributed by atoms with Crippen molar-refractivity contribution in [3.63, 3.8) is 0 Å². The Kier molecular flexibility index (Phi) is 5.63. The van der Waals surface area contributed by atoms with Crippen LogP contribution < -0.4 is 4.74 Å². The van der Waals surface area contributed by atoms with Gasteiger partial charge in [0.1, 0.15) is 11.5 Å². The lowest BCUT2D eigenvalue weighted by Gasteiger charge is -2.12. The highest BCUT2D eigenvalue weighted by atomic mass is 35.5. The molecule has 2 aromatic rings. The van der Waals surface area contributed by atoms with E-state index in [1.165, 1.54) is 0 Å². The highest BCUT2D eigenvalue weighted by molar-refractivity contribution is 7.98. The molecular formula is C12H11Cl2NO2S2. The van der Waals surface area contributed by atoms with Crippen LogP contribution in [0.25, 0.3) is 0 Å². The van der Waals surface area contributed by atoms with E-state index in [2.05, 4.69) is 4.98 Å². The van der Waals surface area contributed by atoms with Gasteiger partial charge in [-0.15, -0.1) is 11.8 Å². The van der Waals surface area contributed by atoms with Crippen molar-refractivity contribution in [1.29, 1.82) is 0 Å². The Balaban J connectivity index is 1.75. The predicted molar refractivity (Wildman–Crippen MR) is 81.8 cm³/mol. The zero-order valence-electron chi connectivity index (χ0n) is 9.77. The van der Waals surface area contributed by atoms with Crippen molar-refractivity contribution in [3.8, 4) is 5.75 Å². The summed E-state index contributed by atoms with van der Waals surface area (Å²) in [6, 6.07) is 7.15. The highest BCUT2D eigenvalue weighted by Gasteiger charge is 2.08. The molecule has 0 saturated heterocycles. The lowest BCUT2D eigenvalue weighted by atomic mass is 10.3. The molecular weight excluding hydrogens is 325 g/mol. The van der Waals surface area contributed by atoms with Gasteiger partial charge >= 0.3 is 0 Å². The third kappa shape index (κ3) is 5.10. The van der Waals surface area contributed by atoms with E-state index in [4.69, 9.17) is 44.6 Å². The van der Waals surface area contributed by atoms with Crippen molar-refractivity contribution in [2.75, 3.05) is 5.75 Å². The molecule has 1 N–H and O–H groups in total. The number of aromatic nitrogens is 1. The maximum Gasteiger partial charge on any atom is 0.266 e. The van der Waals surface area contributed by atoms with E-state index in [1.54, 1.807) is 30.1 Å². The lowest BCUT2D eigenvalue weighted by molar-refractivity contribution is 0.305. The monoisotopic (exact) mass is 335 g/mol. The number of hydrogen-bond acceptors (Lipinski definition) is 4. The molecule has 3 nitrogen and oxygen atoms in total. The fourth-order valence-corrected chi connectivity index (χ4v) is 2.79. The number of ether oxygens (including phenoxy) is 1. The van der Waals surface area contributed by atoms with Gasteiger partial charge in [-0.2, -0.15) is 0 Å². The van der Waals surface area contributed by atoms with Crippen LogP contribution in [0.1, 0.15) is 5.76 Å². The number of rotatable bonds is 6. The van der Waals surface area contributed by atoms with E-state index >= 15 is 0 Å². The van der Waals surface area contributed by atoms with Crippen molar-refractivity contribution in [1.82, 2.24) is 4.98 Å². The summed E-state index contributed by atoms with van der Waals surface area (Å²) in [5.41, 5.74) is -0.426. The van der Waals surface area contributed by atoms with Crippen molar-refractivity contribution in [3.05, 3.63) is 46.1 Å². The van der Waals surface area contributed by atoms with Crippen molar-refractivity contribution >= 4 is 47.2 Å². The number of nitrogens with one attached hydrogen (secondary N) is 1. The summed E-state index contributed by atoms with van der Waals surface area (Å²) in [5, 5.41) is 0.623. The second-order valence-corrected chi connectivity index (χ2v) is 5.97. The number of alkyl halides is 1. The van der Waals surface area contributed by atoms with Gasteiger partial charge in [-0.3, -0.25) is 0 Å². The minimum absolute atomic E-state index is 0.383. The number of H-pyrrole nitrogens is 1. The molecule has 7 heteroatoms. The first-order valence-corrected chi connectivity index (χ1v) is 7.82. The van der Waals surface area contributed by atoms with Crippen LogP contribution in [0, 0.1) is 4.84 Å². The molecule has 1 aromatic carbocycles. The zero-order chi connectivity index (χ0) is 13.7. The molecule has 0 aliphatic carbocycles. The Labute approximate surface area is 130 Å². The molecule has 1 aromatic heterocycles. The Hall–Kier alpha value is -0.620. The Morgan fingerprint density at radius 3 is 3.00 bits per heavy atom. The number of hydrogen-bond donors (Lipinski definition) is 1. The first kappa shape index (κ1) is 14.8. The van der Waals surface area contributed by atoms with Crippen LogP contribution in [0.2, 0.25) is 5.02 Å². The van der Waals surface area contributed by atoms with Gasteiger partial charge < -0.3 is 14.1 Å². The minimum Gasteiger partial charge on any atom is -0.474 e. The third-order valence-electron chi connectivity index (χ3n) is 2.13. The van der Waals surface area contributed by atoms with E-state index < -0.39 is 5.56 Å². The SMILES string of the molecule is S=c1[nH]cc(CSCC(Cl)Oc2cccc(Cl)c2)o1. The minimum atomic E-state index is -0.426. The zero-order valence-corrected chi connectivity index (χ0v) is 12.9. The second-order valence-electron chi connectivity index (χ2n) is 3.64. The van der Waals surface area contributed by atoms with Crippen LogP contribution in [0.5, 0.6) is 5.75 Å². The van der Waals surface area contributed by atoms with Crippen LogP contribution in [-0.2, 0) is 5.75 Å². The normalized spacial score (nSPS) is 12.3. The molecule has 1 unspecified atom stereocenters. The van der Waals surface area contributed by atoms with E-state index in [0.29, 0.717) is 27.1 Å². The van der Waals surface area contributed by atoms with Crippen LogP contribution in [0.15, 0.2) is 34.9 Å². The fourth-order valence-electron chi connectivity index (χ4n) is 1.36. The smallest absolute Gasteiger partial charge is 0.266 e. The maximum atomic E-state index is 6.09. The van der Waals surface area contributed by atoms with Crippen LogP contribution in [-0.4, -0.2) is 16.3 Å². The van der Waals surface area contributed by atoms with E-state index in [9.17, 15) is 0 Å². The average Bonchev–Trinajstić information content (AvgIpc) is 2.75. The van der Waals surface area contributed by atoms with Crippen molar-refractivity contribution < 1.29 is 9.15 Å². The summed E-state index contributed by atoms with van der Waals surface area (Å²) in [5.74, 6) is 2.77. The molecule has 19 heavy (non-hydrogen) atoms. The summed E-state index contributed by atoms with van der Waals surface area (Å²) in [4.78, 5) is 3.19. The molecule has 0 aliphatic rings. The Morgan fingerprint density at radius 1 is 1.47 bits per heavy atom. The maximum absolute atomic E-state index is 6.09. The molecule has 1 atom stereocenters. The summed E-state index contributed by atoms with van der Waals surface area (Å²) in [7, 11) is 0. The van der Waals surface area contributed by atoms with Gasteiger partial charge in [0.2, 0.25) is 0 Å². The van der Waals surface area contributed by atoms with Crippen LogP contribution >= 0.6 is 47.2 Å². The molecule has 102 valence electrons. The fraction of sp³-hybridized carbons (Fsp3) is 0.250. The van der Waals surface area contributed by atoms with Gasteiger partial charge in [-0.05, 0) is 30.4 Å². The van der Waals surface area contributed by atoms with Crippen molar-refractivity contribution in [2.45, 2.75) is 11.3 Å². The predicted octanol–water partition coefficient (Wildman–Crippen LogP) is 4.87. The number of benzene rings is 1. The Morgan fingerprint density at radius 2 is 2.32 bits per heavy atom. The molecule has 0 radical (unpaired) electrons.